The first kappa shape index (κ1) is 24.3. The summed E-state index contributed by atoms with van der Waals surface area (Å²) in [6.45, 7) is 2.95. The van der Waals surface area contributed by atoms with E-state index in [9.17, 15) is 14.9 Å². The maximum absolute atomic E-state index is 12.8. The number of esters is 1. The lowest BCUT2D eigenvalue weighted by Crippen LogP contribution is -2.13. The van der Waals surface area contributed by atoms with Crippen LogP contribution in [0.2, 0.25) is 0 Å². The van der Waals surface area contributed by atoms with Crippen molar-refractivity contribution in [2.45, 2.75) is 13.5 Å². The van der Waals surface area contributed by atoms with E-state index in [1.54, 1.807) is 42.5 Å². The highest BCUT2D eigenvalue weighted by Gasteiger charge is 2.14. The standard InChI is InChI=1S/C29H25N3O4/c1-3-36-25-13-11-24(12-14-25)31-28(33)22(17-30)16-23-19-32(27-10-5-4-9-26(23)27)18-20-7-6-8-21(15-20)29(34)35-2/h4-16,19H,3,18H2,1-2H3,(H,31,33)/b22-16-. The van der Waals surface area contributed by atoms with Crippen molar-refractivity contribution in [3.05, 3.63) is 101 Å². The third kappa shape index (κ3) is 5.45. The number of fused-ring (bicyclic) bond motifs is 1. The molecule has 4 rings (SSSR count). The third-order valence-corrected chi connectivity index (χ3v) is 5.61. The zero-order valence-corrected chi connectivity index (χ0v) is 20.0. The van der Waals surface area contributed by atoms with Crippen molar-refractivity contribution in [3.63, 3.8) is 0 Å². The van der Waals surface area contributed by atoms with Crippen molar-refractivity contribution < 1.29 is 19.1 Å². The summed E-state index contributed by atoms with van der Waals surface area (Å²) in [6, 6.07) is 24.0. The molecule has 36 heavy (non-hydrogen) atoms. The smallest absolute Gasteiger partial charge is 0.337 e. The number of carbonyl (C=O) groups is 2. The van der Waals surface area contributed by atoms with E-state index in [0.29, 0.717) is 30.2 Å². The number of para-hydroxylation sites is 1. The summed E-state index contributed by atoms with van der Waals surface area (Å²) >= 11 is 0. The van der Waals surface area contributed by atoms with E-state index >= 15 is 0 Å². The van der Waals surface area contributed by atoms with Crippen LogP contribution in [0.25, 0.3) is 17.0 Å². The molecule has 0 saturated heterocycles. The summed E-state index contributed by atoms with van der Waals surface area (Å²) in [7, 11) is 1.35. The number of anilines is 1. The Morgan fingerprint density at radius 1 is 1.06 bits per heavy atom. The lowest BCUT2D eigenvalue weighted by atomic mass is 10.1. The van der Waals surface area contributed by atoms with Crippen LogP contribution in [-0.4, -0.2) is 30.2 Å². The number of ether oxygens (including phenoxy) is 2. The number of methoxy groups -OCH3 is 1. The van der Waals surface area contributed by atoms with E-state index in [0.717, 1.165) is 22.0 Å². The van der Waals surface area contributed by atoms with Gasteiger partial charge in [-0.2, -0.15) is 5.26 Å². The largest absolute Gasteiger partial charge is 0.494 e. The van der Waals surface area contributed by atoms with Crippen molar-refractivity contribution in [1.29, 1.82) is 5.26 Å². The molecule has 1 amide bonds. The van der Waals surface area contributed by atoms with Crippen molar-refractivity contribution in [3.8, 4) is 11.8 Å². The number of hydrogen-bond donors (Lipinski definition) is 1. The zero-order valence-electron chi connectivity index (χ0n) is 20.0. The Labute approximate surface area is 209 Å². The Kier molecular flexibility index (Phi) is 7.47. The Bertz CT molecular complexity index is 1480. The molecule has 0 atom stereocenters. The predicted octanol–water partition coefficient (Wildman–Crippen LogP) is 5.42. The third-order valence-electron chi connectivity index (χ3n) is 5.61. The van der Waals surface area contributed by atoms with E-state index in [1.165, 1.54) is 7.11 Å². The number of rotatable bonds is 8. The van der Waals surface area contributed by atoms with Gasteiger partial charge in [0.25, 0.3) is 5.91 Å². The first-order valence-corrected chi connectivity index (χ1v) is 11.4. The fourth-order valence-corrected chi connectivity index (χ4v) is 3.94. The van der Waals surface area contributed by atoms with E-state index in [4.69, 9.17) is 9.47 Å². The molecule has 0 radical (unpaired) electrons. The van der Waals surface area contributed by atoms with Gasteiger partial charge in [0.2, 0.25) is 0 Å². The van der Waals surface area contributed by atoms with E-state index in [-0.39, 0.29) is 5.57 Å². The lowest BCUT2D eigenvalue weighted by Gasteiger charge is -2.07. The highest BCUT2D eigenvalue weighted by atomic mass is 16.5. The topological polar surface area (TPSA) is 93.4 Å². The monoisotopic (exact) mass is 479 g/mol. The van der Waals surface area contributed by atoms with Crippen molar-refractivity contribution in [2.24, 2.45) is 0 Å². The second-order valence-electron chi connectivity index (χ2n) is 8.00. The van der Waals surface area contributed by atoms with Crippen LogP contribution in [0.15, 0.2) is 84.6 Å². The number of aromatic nitrogens is 1. The Morgan fingerprint density at radius 2 is 1.83 bits per heavy atom. The molecule has 7 heteroatoms. The van der Waals surface area contributed by atoms with Gasteiger partial charge < -0.3 is 19.4 Å². The molecule has 0 spiro atoms. The Morgan fingerprint density at radius 3 is 2.56 bits per heavy atom. The first-order chi connectivity index (χ1) is 17.5. The summed E-state index contributed by atoms with van der Waals surface area (Å²) in [4.78, 5) is 24.8. The second-order valence-corrected chi connectivity index (χ2v) is 8.00. The van der Waals surface area contributed by atoms with Gasteiger partial charge in [0.15, 0.2) is 0 Å². The van der Waals surface area contributed by atoms with Gasteiger partial charge in [-0.15, -0.1) is 0 Å². The maximum atomic E-state index is 12.8. The molecule has 1 N–H and O–H groups in total. The molecular formula is C29H25N3O4. The summed E-state index contributed by atoms with van der Waals surface area (Å²) in [6.07, 6.45) is 3.49. The van der Waals surface area contributed by atoms with Gasteiger partial charge in [0.05, 0.1) is 19.3 Å². The highest BCUT2D eigenvalue weighted by molar-refractivity contribution is 6.10. The first-order valence-electron chi connectivity index (χ1n) is 11.4. The summed E-state index contributed by atoms with van der Waals surface area (Å²) in [5, 5.41) is 13.4. The van der Waals surface area contributed by atoms with Gasteiger partial charge in [0.1, 0.15) is 17.4 Å². The number of hydrogen-bond acceptors (Lipinski definition) is 5. The zero-order chi connectivity index (χ0) is 25.5. The predicted molar refractivity (Wildman–Crippen MR) is 139 cm³/mol. The lowest BCUT2D eigenvalue weighted by molar-refractivity contribution is -0.112. The number of amides is 1. The number of nitrogens with one attached hydrogen (secondary N) is 1. The number of nitriles is 1. The van der Waals surface area contributed by atoms with Gasteiger partial charge >= 0.3 is 5.97 Å². The highest BCUT2D eigenvalue weighted by Crippen LogP contribution is 2.25. The van der Waals surface area contributed by atoms with Crippen molar-refractivity contribution in [1.82, 2.24) is 4.57 Å². The minimum Gasteiger partial charge on any atom is -0.494 e. The maximum Gasteiger partial charge on any atom is 0.337 e. The van der Waals surface area contributed by atoms with Gasteiger partial charge in [0, 0.05) is 34.9 Å². The van der Waals surface area contributed by atoms with Crippen LogP contribution in [0, 0.1) is 11.3 Å². The Balaban J connectivity index is 1.62. The normalized spacial score (nSPS) is 11.1. The molecule has 1 heterocycles. The van der Waals surface area contributed by atoms with Crippen LogP contribution < -0.4 is 10.1 Å². The van der Waals surface area contributed by atoms with E-state index in [1.807, 2.05) is 60.2 Å². The average Bonchev–Trinajstić information content (AvgIpc) is 3.25. The van der Waals surface area contributed by atoms with Crippen LogP contribution in [-0.2, 0) is 16.1 Å². The minimum absolute atomic E-state index is 0.0144. The molecule has 1 aromatic heterocycles. The van der Waals surface area contributed by atoms with Crippen LogP contribution in [0.5, 0.6) is 5.75 Å². The number of benzene rings is 3. The molecule has 0 saturated carbocycles. The van der Waals surface area contributed by atoms with Crippen LogP contribution in [0.1, 0.15) is 28.4 Å². The van der Waals surface area contributed by atoms with Gasteiger partial charge in [-0.05, 0) is 61.0 Å². The van der Waals surface area contributed by atoms with E-state index in [2.05, 4.69) is 5.32 Å². The molecule has 0 aliphatic rings. The molecule has 4 aromatic rings. The van der Waals surface area contributed by atoms with Gasteiger partial charge in [-0.3, -0.25) is 4.79 Å². The minimum atomic E-state index is -0.496. The van der Waals surface area contributed by atoms with Gasteiger partial charge in [-0.1, -0.05) is 30.3 Å². The van der Waals surface area contributed by atoms with Crippen molar-refractivity contribution >= 4 is 34.5 Å². The summed E-state index contributed by atoms with van der Waals surface area (Å²) in [5.41, 5.74) is 3.63. The SMILES string of the molecule is CCOc1ccc(NC(=O)/C(C#N)=C\c2cn(Cc3cccc(C(=O)OC)c3)c3ccccc23)cc1. The summed E-state index contributed by atoms with van der Waals surface area (Å²) < 4.78 is 12.3. The molecule has 0 bridgehead atoms. The molecule has 0 aliphatic carbocycles. The molecule has 180 valence electrons. The number of nitrogens with zero attached hydrogens (tertiary/aromatic N) is 2. The molecule has 7 nitrogen and oxygen atoms in total. The molecule has 0 aliphatic heterocycles. The fourth-order valence-electron chi connectivity index (χ4n) is 3.94. The van der Waals surface area contributed by atoms with Crippen LogP contribution >= 0.6 is 0 Å². The number of carbonyl (C=O) groups excluding carboxylic acids is 2. The van der Waals surface area contributed by atoms with Crippen LogP contribution in [0.4, 0.5) is 5.69 Å². The van der Waals surface area contributed by atoms with Gasteiger partial charge in [-0.25, -0.2) is 4.79 Å². The molecule has 0 fully saturated rings. The molecule has 3 aromatic carbocycles. The average molecular weight is 480 g/mol. The van der Waals surface area contributed by atoms with E-state index < -0.39 is 11.9 Å². The fraction of sp³-hybridized carbons (Fsp3) is 0.138. The summed E-state index contributed by atoms with van der Waals surface area (Å²) in [5.74, 6) is -0.184. The second kappa shape index (κ2) is 11.1. The van der Waals surface area contributed by atoms with Crippen molar-refractivity contribution in [2.75, 3.05) is 19.0 Å². The Hall–Kier alpha value is -4.83. The quantitative estimate of drug-likeness (QED) is 0.207. The molecule has 0 unspecified atom stereocenters. The molecular weight excluding hydrogens is 454 g/mol. The van der Waals surface area contributed by atoms with Crippen LogP contribution in [0.3, 0.4) is 0 Å².